The molecule has 0 saturated carbocycles. The minimum atomic E-state index is -1.00. The van der Waals surface area contributed by atoms with Crippen molar-refractivity contribution in [2.24, 2.45) is 75.9 Å². The van der Waals surface area contributed by atoms with Crippen molar-refractivity contribution in [3.63, 3.8) is 0 Å². The van der Waals surface area contributed by atoms with Crippen molar-refractivity contribution in [3.05, 3.63) is 0 Å². The second-order valence-corrected chi connectivity index (χ2v) is 31.6. The standard InChI is InChI=1S/C12H25F.2C11H23F.2C10H21F.2C9H19F.C8H17F/c1-7-8-12(6,13)11(9(2)3)10(4)5;1-7-11(6,12)10(8(2)3)9(4)5;1-6-9-11(5,12)10(4,7-2)8-3;1-6-9(4,7-2)10(5,11)8-3;1-5-8-10(4,11)9(6-2)7-3;1-5-6-9(4,10)7-8(2)3;1-5-8(6-2)9(4,10)7-3;1-6(2)8(5,9)7(3)4/h9-11H,7-8H2,1-6H3;8-10H,7H2,1-6H3;6-9H2,1-5H3;6-8H2,1-5H3;9H,5-8H2,1-4H3;2*8H,5-7H2,1-4H3;6-7H,1-5H3. The molecule has 0 amide bonds. The average Bonchev–Trinajstić information content (AvgIpc) is 3.38. The van der Waals surface area contributed by atoms with Gasteiger partial charge in [0.15, 0.2) is 0 Å². The van der Waals surface area contributed by atoms with Crippen LogP contribution in [0.2, 0.25) is 0 Å². The summed E-state index contributed by atoms with van der Waals surface area (Å²) in [5.41, 5.74) is -8.06. The first kappa shape index (κ1) is 104. The molecule has 0 N–H and O–H groups in total. The smallest absolute Gasteiger partial charge is 0.113 e. The lowest BCUT2D eigenvalue weighted by Gasteiger charge is -2.39. The van der Waals surface area contributed by atoms with Gasteiger partial charge in [-0.25, -0.2) is 35.1 Å². The highest BCUT2D eigenvalue weighted by Gasteiger charge is 2.43. The predicted molar refractivity (Wildman–Crippen MR) is 388 cm³/mol. The molecule has 0 aromatic carbocycles. The zero-order chi connectivity index (χ0) is 72.5. The Hall–Kier alpha value is -0.560. The molecule has 8 heteroatoms. The molecular weight excluding hydrogens is 1110 g/mol. The molecule has 0 rings (SSSR count). The van der Waals surface area contributed by atoms with Gasteiger partial charge >= 0.3 is 0 Å². The average molecular weight is 1280 g/mol. The number of rotatable bonds is 33. The Kier molecular flexibility index (Phi) is 58.7. The van der Waals surface area contributed by atoms with E-state index in [1.54, 1.807) is 55.4 Å². The van der Waals surface area contributed by atoms with Gasteiger partial charge in [-0.1, -0.05) is 266 Å². The van der Waals surface area contributed by atoms with Crippen molar-refractivity contribution < 1.29 is 35.1 Å². The Morgan fingerprint density at radius 1 is 0.273 bits per heavy atom. The Morgan fingerprint density at radius 2 is 0.534 bits per heavy atom. The van der Waals surface area contributed by atoms with E-state index >= 15 is 0 Å². The lowest BCUT2D eigenvalue weighted by atomic mass is 9.70. The molecule has 0 spiro atoms. The Bertz CT molecular complexity index is 1490. The van der Waals surface area contributed by atoms with Gasteiger partial charge in [0.1, 0.15) is 45.4 Å². The van der Waals surface area contributed by atoms with E-state index in [2.05, 4.69) is 138 Å². The fraction of sp³-hybridized carbons (Fsp3) is 1.00. The van der Waals surface area contributed by atoms with Crippen LogP contribution in [0.15, 0.2) is 0 Å². The largest absolute Gasteiger partial charge is 0.244 e. The van der Waals surface area contributed by atoms with Gasteiger partial charge in [0.05, 0.1) is 0 Å². The molecule has 7 unspecified atom stereocenters. The predicted octanol–water partition coefficient (Wildman–Crippen LogP) is 30.9. The van der Waals surface area contributed by atoms with Crippen LogP contribution in [0.25, 0.3) is 0 Å². The zero-order valence-corrected chi connectivity index (χ0v) is 67.5. The summed E-state index contributed by atoms with van der Waals surface area (Å²) in [5, 5.41) is 0. The second kappa shape index (κ2) is 49.9. The topological polar surface area (TPSA) is 0 Å². The van der Waals surface area contributed by atoms with Gasteiger partial charge in [-0.15, -0.1) is 0 Å². The maximum Gasteiger partial charge on any atom is 0.113 e. The normalized spacial score (nSPS) is 17.0. The van der Waals surface area contributed by atoms with E-state index in [9.17, 15) is 35.1 Å². The molecular formula is C80H168F8. The van der Waals surface area contributed by atoms with Crippen LogP contribution in [0.1, 0.15) is 398 Å². The summed E-state index contributed by atoms with van der Waals surface area (Å²) < 4.78 is 110. The second-order valence-electron chi connectivity index (χ2n) is 31.6. The summed E-state index contributed by atoms with van der Waals surface area (Å²) in [7, 11) is 0. The van der Waals surface area contributed by atoms with Gasteiger partial charge in [-0.2, -0.15) is 0 Å². The van der Waals surface area contributed by atoms with Gasteiger partial charge in [-0.3, -0.25) is 0 Å². The minimum absolute atomic E-state index is 0.123. The SMILES string of the molecule is CC(C)C(C)(F)C(C)C.CCC(C)(F)C(C(C)C)C(C)C.CCC(C)(F)C(C)(CC)CC.CCC(CC)C(C)(F)CC.CCCC(C)(F)C(C(C)C)C(C)C.CCCC(C)(F)C(C)(CC)CC.CCCC(C)(F)C(CC)CC.CCCC(C)(F)CC(C)C. The van der Waals surface area contributed by atoms with Crippen LogP contribution in [-0.2, 0) is 0 Å². The van der Waals surface area contributed by atoms with Crippen molar-refractivity contribution >= 4 is 0 Å². The number of hydrogen-bond acceptors (Lipinski definition) is 0. The van der Waals surface area contributed by atoms with Crippen LogP contribution in [0.5, 0.6) is 0 Å². The maximum absolute atomic E-state index is 14.3. The molecule has 0 fully saturated rings. The monoisotopic (exact) mass is 1280 g/mol. The van der Waals surface area contributed by atoms with E-state index in [1.165, 1.54) is 0 Å². The molecule has 0 aliphatic heterocycles. The van der Waals surface area contributed by atoms with E-state index in [-0.39, 0.29) is 46.3 Å². The first-order valence-electron chi connectivity index (χ1n) is 37.1. The molecule has 7 atom stereocenters. The summed E-state index contributed by atoms with van der Waals surface area (Å²) >= 11 is 0. The van der Waals surface area contributed by atoms with Gasteiger partial charge < -0.3 is 0 Å². The Labute approximate surface area is 552 Å². The molecule has 88 heavy (non-hydrogen) atoms. The van der Waals surface area contributed by atoms with E-state index in [1.807, 2.05) is 76.2 Å². The summed E-state index contributed by atoms with van der Waals surface area (Å²) in [6, 6.07) is 0. The third-order valence-corrected chi connectivity index (χ3v) is 21.7. The van der Waals surface area contributed by atoms with Crippen LogP contribution in [0, 0.1) is 75.9 Å². The Balaban J connectivity index is -0.000000139. The molecule has 0 aliphatic rings. The summed E-state index contributed by atoms with van der Waals surface area (Å²) in [6.07, 6.45) is 16.6. The summed E-state index contributed by atoms with van der Waals surface area (Å²) in [5.74, 6) is 3.31. The quantitative estimate of drug-likeness (QED) is 0.0575. The van der Waals surface area contributed by atoms with Gasteiger partial charge in [0.2, 0.25) is 0 Å². The van der Waals surface area contributed by atoms with Crippen LogP contribution < -0.4 is 0 Å². The highest BCUT2D eigenvalue weighted by molar-refractivity contribution is 4.92. The molecule has 0 nitrogen and oxygen atoms in total. The van der Waals surface area contributed by atoms with Crippen LogP contribution >= 0.6 is 0 Å². The van der Waals surface area contributed by atoms with Gasteiger partial charge in [0, 0.05) is 10.8 Å². The van der Waals surface area contributed by atoms with Crippen LogP contribution in [0.3, 0.4) is 0 Å². The van der Waals surface area contributed by atoms with Crippen molar-refractivity contribution in [2.75, 3.05) is 0 Å². The number of alkyl halides is 8. The first-order valence-corrected chi connectivity index (χ1v) is 37.1. The summed E-state index contributed by atoms with van der Waals surface area (Å²) in [6.45, 7) is 77.1. The third-order valence-electron chi connectivity index (χ3n) is 21.7. The third kappa shape index (κ3) is 42.7. The molecule has 0 aromatic rings. The number of hydrogen-bond donors (Lipinski definition) is 0. The minimum Gasteiger partial charge on any atom is -0.244 e. The fourth-order valence-electron chi connectivity index (χ4n) is 13.8. The van der Waals surface area contributed by atoms with Crippen molar-refractivity contribution in [1.29, 1.82) is 0 Å². The van der Waals surface area contributed by atoms with Gasteiger partial charge in [0.25, 0.3) is 0 Å². The molecule has 0 aromatic heterocycles. The molecule has 0 bridgehead atoms. The molecule has 0 heterocycles. The molecule has 0 aliphatic carbocycles. The van der Waals surface area contributed by atoms with E-state index in [0.29, 0.717) is 81.0 Å². The van der Waals surface area contributed by atoms with E-state index in [0.717, 1.165) is 77.0 Å². The highest BCUT2D eigenvalue weighted by atomic mass is 19.2. The van der Waals surface area contributed by atoms with Crippen LogP contribution in [0.4, 0.5) is 35.1 Å². The highest BCUT2D eigenvalue weighted by Crippen LogP contribution is 2.45. The molecule has 544 valence electrons. The molecule has 0 radical (unpaired) electrons. The fourth-order valence-corrected chi connectivity index (χ4v) is 13.8. The lowest BCUT2D eigenvalue weighted by molar-refractivity contribution is 0.00460. The van der Waals surface area contributed by atoms with Gasteiger partial charge in [-0.05, 0) is 198 Å². The zero-order valence-electron chi connectivity index (χ0n) is 67.5. The number of halogens is 8. The Morgan fingerprint density at radius 3 is 0.705 bits per heavy atom. The molecule has 0 saturated heterocycles. The van der Waals surface area contributed by atoms with E-state index < -0.39 is 45.4 Å². The van der Waals surface area contributed by atoms with Crippen LogP contribution in [-0.4, -0.2) is 45.4 Å². The lowest BCUT2D eigenvalue weighted by Crippen LogP contribution is -2.39. The van der Waals surface area contributed by atoms with E-state index in [4.69, 9.17) is 0 Å². The maximum atomic E-state index is 14.3. The first-order chi connectivity index (χ1) is 39.5. The van der Waals surface area contributed by atoms with Crippen molar-refractivity contribution in [3.8, 4) is 0 Å². The van der Waals surface area contributed by atoms with Crippen molar-refractivity contribution in [1.82, 2.24) is 0 Å². The van der Waals surface area contributed by atoms with Crippen molar-refractivity contribution in [2.45, 2.75) is 444 Å². The summed E-state index contributed by atoms with van der Waals surface area (Å²) in [4.78, 5) is 0.